The van der Waals surface area contributed by atoms with E-state index < -0.39 is 0 Å². The highest BCUT2D eigenvalue weighted by molar-refractivity contribution is 7.10. The predicted molar refractivity (Wildman–Crippen MR) is 110 cm³/mol. The van der Waals surface area contributed by atoms with Crippen LogP contribution in [0.5, 0.6) is 0 Å². The number of nitrogens with one attached hydrogen (secondary N) is 1. The Hall–Kier alpha value is -1.89. The zero-order valence-electron chi connectivity index (χ0n) is 15.6. The molecule has 1 atom stereocenters. The average Bonchev–Trinajstić information content (AvgIpc) is 3.09. The summed E-state index contributed by atoms with van der Waals surface area (Å²) in [5.74, 6) is -0.102. The van der Waals surface area contributed by atoms with Crippen LogP contribution in [0.25, 0.3) is 0 Å². The highest BCUT2D eigenvalue weighted by atomic mass is 35.5. The van der Waals surface area contributed by atoms with Crippen LogP contribution in [-0.2, 0) is 16.0 Å². The fraction of sp³-hybridized carbons (Fsp3) is 0.400. The van der Waals surface area contributed by atoms with Gasteiger partial charge in [-0.3, -0.25) is 14.5 Å². The third-order valence-electron chi connectivity index (χ3n) is 4.73. The number of nitrogens with zero attached hydrogens (tertiary/aromatic N) is 2. The standard InChI is InChI=1S/C20H24ClN3O2S/c1-3-17-16-8-10-27-18(16)7-9-24(17)20(26)13-23(2)12-19(25)22-15-6-4-5-14(21)11-15/h4-6,8,10-11,17H,3,7,9,12-13H2,1-2H3,(H,22,25). The number of rotatable bonds is 6. The van der Waals surface area contributed by atoms with Gasteiger partial charge >= 0.3 is 0 Å². The number of benzene rings is 1. The third kappa shape index (κ3) is 4.89. The molecule has 0 saturated heterocycles. The number of anilines is 1. The minimum absolute atomic E-state index is 0.0664. The molecule has 5 nitrogen and oxygen atoms in total. The third-order valence-corrected chi connectivity index (χ3v) is 5.96. The molecule has 1 aliphatic heterocycles. The Morgan fingerprint density at radius 3 is 2.89 bits per heavy atom. The van der Waals surface area contributed by atoms with Gasteiger partial charge in [0.15, 0.2) is 0 Å². The zero-order valence-corrected chi connectivity index (χ0v) is 17.1. The van der Waals surface area contributed by atoms with Gasteiger partial charge in [0.25, 0.3) is 0 Å². The Morgan fingerprint density at radius 2 is 2.15 bits per heavy atom. The monoisotopic (exact) mass is 405 g/mol. The second kappa shape index (κ2) is 8.87. The molecule has 0 bridgehead atoms. The van der Waals surface area contributed by atoms with Crippen molar-refractivity contribution >= 4 is 40.4 Å². The van der Waals surface area contributed by atoms with E-state index in [0.29, 0.717) is 10.7 Å². The number of amides is 2. The molecule has 0 spiro atoms. The molecule has 1 aliphatic rings. The van der Waals surface area contributed by atoms with E-state index in [4.69, 9.17) is 11.6 Å². The van der Waals surface area contributed by atoms with Crippen LogP contribution < -0.4 is 5.32 Å². The summed E-state index contributed by atoms with van der Waals surface area (Å²) < 4.78 is 0. The summed E-state index contributed by atoms with van der Waals surface area (Å²) in [6.45, 7) is 3.22. The zero-order chi connectivity index (χ0) is 19.4. The minimum atomic E-state index is -0.168. The van der Waals surface area contributed by atoms with Gasteiger partial charge in [-0.25, -0.2) is 0 Å². The van der Waals surface area contributed by atoms with Crippen molar-refractivity contribution in [1.29, 1.82) is 0 Å². The van der Waals surface area contributed by atoms with Crippen LogP contribution in [0.1, 0.15) is 29.8 Å². The molecule has 27 heavy (non-hydrogen) atoms. The lowest BCUT2D eigenvalue weighted by atomic mass is 9.98. The van der Waals surface area contributed by atoms with Crippen molar-refractivity contribution in [2.45, 2.75) is 25.8 Å². The molecule has 1 unspecified atom stereocenters. The molecule has 3 rings (SSSR count). The van der Waals surface area contributed by atoms with Crippen LogP contribution in [-0.4, -0.2) is 48.3 Å². The van der Waals surface area contributed by atoms with E-state index in [2.05, 4.69) is 23.7 Å². The van der Waals surface area contributed by atoms with Crippen LogP contribution in [0.4, 0.5) is 5.69 Å². The molecule has 1 aromatic carbocycles. The SMILES string of the molecule is CCC1c2ccsc2CCN1C(=O)CN(C)CC(=O)Nc1cccc(Cl)c1. The Bertz CT molecular complexity index is 823. The first-order valence-electron chi connectivity index (χ1n) is 9.07. The van der Waals surface area contributed by atoms with E-state index in [1.807, 2.05) is 4.90 Å². The number of hydrogen-bond acceptors (Lipinski definition) is 4. The van der Waals surface area contributed by atoms with E-state index in [9.17, 15) is 9.59 Å². The molecular formula is C20H24ClN3O2S. The largest absolute Gasteiger partial charge is 0.334 e. The summed E-state index contributed by atoms with van der Waals surface area (Å²) in [7, 11) is 1.79. The van der Waals surface area contributed by atoms with E-state index in [0.717, 1.165) is 19.4 Å². The number of halogens is 1. The van der Waals surface area contributed by atoms with Gasteiger partial charge in [-0.2, -0.15) is 0 Å². The molecule has 2 aromatic rings. The van der Waals surface area contributed by atoms with Crippen LogP contribution >= 0.6 is 22.9 Å². The highest BCUT2D eigenvalue weighted by Gasteiger charge is 2.30. The molecule has 0 aliphatic carbocycles. The Labute approximate surface area is 168 Å². The molecule has 0 fully saturated rings. The molecule has 0 radical (unpaired) electrons. The van der Waals surface area contributed by atoms with Crippen molar-refractivity contribution in [1.82, 2.24) is 9.80 Å². The minimum Gasteiger partial charge on any atom is -0.334 e. The maximum Gasteiger partial charge on any atom is 0.238 e. The lowest BCUT2D eigenvalue weighted by molar-refractivity contribution is -0.135. The Morgan fingerprint density at radius 1 is 1.33 bits per heavy atom. The number of carbonyl (C=O) groups excluding carboxylic acids is 2. The molecule has 144 valence electrons. The molecule has 2 amide bonds. The smallest absolute Gasteiger partial charge is 0.238 e. The lowest BCUT2D eigenvalue weighted by Crippen LogP contribution is -2.45. The van der Waals surface area contributed by atoms with Gasteiger partial charge in [-0.05, 0) is 55.1 Å². The summed E-state index contributed by atoms with van der Waals surface area (Å²) in [6, 6.07) is 9.29. The topological polar surface area (TPSA) is 52.7 Å². The van der Waals surface area contributed by atoms with Gasteiger partial charge in [0.1, 0.15) is 0 Å². The fourth-order valence-electron chi connectivity index (χ4n) is 3.52. The molecule has 1 N–H and O–H groups in total. The van der Waals surface area contributed by atoms with Gasteiger partial charge in [0, 0.05) is 22.1 Å². The molecular weight excluding hydrogens is 382 g/mol. The number of carbonyl (C=O) groups is 2. The van der Waals surface area contributed by atoms with E-state index in [1.165, 1.54) is 10.4 Å². The van der Waals surface area contributed by atoms with E-state index in [-0.39, 0.29) is 30.9 Å². The predicted octanol–water partition coefficient (Wildman–Crippen LogP) is 3.81. The van der Waals surface area contributed by atoms with Crippen molar-refractivity contribution in [3.63, 3.8) is 0 Å². The number of fused-ring (bicyclic) bond motifs is 1. The first kappa shape index (κ1) is 19.9. The summed E-state index contributed by atoms with van der Waals surface area (Å²) in [5, 5.41) is 5.48. The van der Waals surface area contributed by atoms with Crippen LogP contribution in [0.2, 0.25) is 5.02 Å². The van der Waals surface area contributed by atoms with Gasteiger partial charge < -0.3 is 10.2 Å². The first-order chi connectivity index (χ1) is 13.0. The summed E-state index contributed by atoms with van der Waals surface area (Å²) >= 11 is 7.70. The van der Waals surface area contributed by atoms with Crippen LogP contribution in [0, 0.1) is 0 Å². The molecule has 1 aromatic heterocycles. The van der Waals surface area contributed by atoms with Gasteiger partial charge in [-0.1, -0.05) is 24.6 Å². The maximum absolute atomic E-state index is 12.8. The van der Waals surface area contributed by atoms with Crippen molar-refractivity contribution in [3.8, 4) is 0 Å². The van der Waals surface area contributed by atoms with Crippen LogP contribution in [0.15, 0.2) is 35.7 Å². The van der Waals surface area contributed by atoms with Crippen molar-refractivity contribution in [2.24, 2.45) is 0 Å². The second-order valence-electron chi connectivity index (χ2n) is 6.79. The first-order valence-corrected chi connectivity index (χ1v) is 10.3. The quantitative estimate of drug-likeness (QED) is 0.795. The Balaban J connectivity index is 1.55. The van der Waals surface area contributed by atoms with Gasteiger partial charge in [-0.15, -0.1) is 11.3 Å². The molecule has 2 heterocycles. The summed E-state index contributed by atoms with van der Waals surface area (Å²) in [4.78, 5) is 30.2. The second-order valence-corrected chi connectivity index (χ2v) is 8.23. The van der Waals surface area contributed by atoms with E-state index >= 15 is 0 Å². The summed E-state index contributed by atoms with van der Waals surface area (Å²) in [5.41, 5.74) is 1.93. The number of thiophene rings is 1. The number of likely N-dealkylation sites (N-methyl/N-ethyl adjacent to an activating group) is 1. The molecule has 0 saturated carbocycles. The highest BCUT2D eigenvalue weighted by Crippen LogP contribution is 2.35. The van der Waals surface area contributed by atoms with Crippen molar-refractivity contribution < 1.29 is 9.59 Å². The fourth-order valence-corrected chi connectivity index (χ4v) is 4.64. The average molecular weight is 406 g/mol. The van der Waals surface area contributed by atoms with Gasteiger partial charge in [0.05, 0.1) is 19.1 Å². The number of hydrogen-bond donors (Lipinski definition) is 1. The van der Waals surface area contributed by atoms with E-state index in [1.54, 1.807) is 47.5 Å². The maximum atomic E-state index is 12.8. The Kier molecular flexibility index (Phi) is 6.52. The van der Waals surface area contributed by atoms with Crippen molar-refractivity contribution in [3.05, 3.63) is 51.2 Å². The lowest BCUT2D eigenvalue weighted by Gasteiger charge is -2.36. The molecule has 7 heteroatoms. The van der Waals surface area contributed by atoms with Crippen molar-refractivity contribution in [2.75, 3.05) is 32.0 Å². The van der Waals surface area contributed by atoms with Gasteiger partial charge in [0.2, 0.25) is 11.8 Å². The normalized spacial score (nSPS) is 16.3. The summed E-state index contributed by atoms with van der Waals surface area (Å²) in [6.07, 6.45) is 1.81. The van der Waals surface area contributed by atoms with Crippen LogP contribution in [0.3, 0.4) is 0 Å².